The number of alkyl halides is 3. The molecule has 9 nitrogen and oxygen atoms in total. The normalized spacial score (nSPS) is 15.8. The fraction of sp³-hybridized carbons (Fsp3) is 0.438. The van der Waals surface area contributed by atoms with Crippen molar-refractivity contribution in [3.63, 3.8) is 0 Å². The molecule has 0 spiro atoms. The van der Waals surface area contributed by atoms with Crippen LogP contribution in [-0.2, 0) is 9.59 Å². The van der Waals surface area contributed by atoms with Gasteiger partial charge in [0.05, 0.1) is 12.1 Å². The van der Waals surface area contributed by atoms with E-state index in [0.29, 0.717) is 6.54 Å². The van der Waals surface area contributed by atoms with E-state index in [-0.39, 0.29) is 23.8 Å². The van der Waals surface area contributed by atoms with Crippen LogP contribution in [0.2, 0.25) is 0 Å². The maximum Gasteiger partial charge on any atom is 0.573 e. The predicted molar refractivity (Wildman–Crippen MR) is 92.6 cm³/mol. The Bertz CT molecular complexity index is 702. The fourth-order valence-corrected chi connectivity index (χ4v) is 2.24. The Balaban J connectivity index is 0.000000892. The van der Waals surface area contributed by atoms with Gasteiger partial charge in [0.25, 0.3) is 11.9 Å². The van der Waals surface area contributed by atoms with Gasteiger partial charge in [-0.2, -0.15) is 0 Å². The van der Waals surface area contributed by atoms with E-state index in [1.807, 2.05) is 0 Å². The summed E-state index contributed by atoms with van der Waals surface area (Å²) < 4.78 is 40.4. The summed E-state index contributed by atoms with van der Waals surface area (Å²) in [5.41, 5.74) is 5.36. The first-order valence-corrected chi connectivity index (χ1v) is 8.11. The molecule has 156 valence electrons. The van der Waals surface area contributed by atoms with Crippen molar-refractivity contribution >= 4 is 23.5 Å². The van der Waals surface area contributed by atoms with Gasteiger partial charge in [-0.05, 0) is 31.2 Å². The highest BCUT2D eigenvalue weighted by Crippen LogP contribution is 2.26. The minimum absolute atomic E-state index is 0.00276. The lowest BCUT2D eigenvalue weighted by atomic mass is 10.1. The minimum Gasteiger partial charge on any atom is -0.481 e. The lowest BCUT2D eigenvalue weighted by molar-refractivity contribution is -0.274. The molecule has 0 unspecified atom stereocenters. The number of carbonyl (C=O) groups excluding carboxylic acids is 2. The van der Waals surface area contributed by atoms with Gasteiger partial charge in [-0.3, -0.25) is 14.4 Å². The smallest absolute Gasteiger partial charge is 0.481 e. The number of carboxylic acids is 1. The third-order valence-corrected chi connectivity index (χ3v) is 3.34. The predicted octanol–water partition coefficient (Wildman–Crippen LogP) is 0.466. The van der Waals surface area contributed by atoms with Crippen LogP contribution < -0.4 is 26.4 Å². The lowest BCUT2D eigenvalue weighted by Crippen LogP contribution is -2.42. The molecule has 1 aromatic carbocycles. The first kappa shape index (κ1) is 23.0. The van der Waals surface area contributed by atoms with Gasteiger partial charge in [0, 0.05) is 25.2 Å². The van der Waals surface area contributed by atoms with E-state index in [9.17, 15) is 22.8 Å². The molecule has 1 aliphatic heterocycles. The van der Waals surface area contributed by atoms with Gasteiger partial charge in [-0.25, -0.2) is 0 Å². The van der Waals surface area contributed by atoms with Gasteiger partial charge in [0.1, 0.15) is 5.75 Å². The molecule has 0 bridgehead atoms. The molecular weight excluding hydrogens is 385 g/mol. The number of rotatable bonds is 5. The zero-order valence-electron chi connectivity index (χ0n) is 14.9. The van der Waals surface area contributed by atoms with Crippen molar-refractivity contribution in [2.24, 2.45) is 0 Å². The van der Waals surface area contributed by atoms with Crippen molar-refractivity contribution in [1.82, 2.24) is 16.0 Å². The highest BCUT2D eigenvalue weighted by Gasteiger charge is 2.31. The topological polar surface area (TPSA) is 143 Å². The van der Waals surface area contributed by atoms with Crippen molar-refractivity contribution < 1.29 is 37.4 Å². The molecule has 0 radical (unpaired) electrons. The molecule has 2 amide bonds. The molecule has 1 aliphatic rings. The van der Waals surface area contributed by atoms with E-state index in [0.717, 1.165) is 38.1 Å². The second-order valence-corrected chi connectivity index (χ2v) is 5.76. The van der Waals surface area contributed by atoms with Crippen LogP contribution in [-0.4, -0.2) is 54.9 Å². The molecule has 1 saturated heterocycles. The number of nitrogen functional groups attached to an aromatic ring is 1. The molecule has 2 rings (SSSR count). The Morgan fingerprint density at radius 1 is 1.36 bits per heavy atom. The molecule has 6 N–H and O–H groups in total. The van der Waals surface area contributed by atoms with Crippen LogP contribution in [0.4, 0.5) is 18.9 Å². The van der Waals surface area contributed by atoms with Crippen molar-refractivity contribution in [3.05, 3.63) is 23.8 Å². The SMILES string of the molecule is CC(=O)O.Nc1ccc(OC(F)(F)F)cc1C(=O)NCC(=O)N[C@@H]1CCNC1. The van der Waals surface area contributed by atoms with Crippen molar-refractivity contribution in [1.29, 1.82) is 0 Å². The highest BCUT2D eigenvalue weighted by atomic mass is 19.4. The molecule has 0 saturated carbocycles. The van der Waals surface area contributed by atoms with Crippen molar-refractivity contribution in [2.75, 3.05) is 25.4 Å². The summed E-state index contributed by atoms with van der Waals surface area (Å²) in [6, 6.07) is 3.00. The lowest BCUT2D eigenvalue weighted by Gasteiger charge is -2.13. The van der Waals surface area contributed by atoms with Crippen LogP contribution in [0.15, 0.2) is 18.2 Å². The van der Waals surface area contributed by atoms with Crippen LogP contribution in [0.25, 0.3) is 0 Å². The van der Waals surface area contributed by atoms with Gasteiger partial charge < -0.3 is 31.5 Å². The molecule has 12 heteroatoms. The number of carboxylic acid groups (broad SMARTS) is 1. The van der Waals surface area contributed by atoms with Crippen LogP contribution in [0, 0.1) is 0 Å². The summed E-state index contributed by atoms with van der Waals surface area (Å²) in [7, 11) is 0. The monoisotopic (exact) mass is 406 g/mol. The summed E-state index contributed by atoms with van der Waals surface area (Å²) >= 11 is 0. The molecule has 1 fully saturated rings. The molecule has 0 aromatic heterocycles. The number of benzene rings is 1. The zero-order chi connectivity index (χ0) is 21.3. The van der Waals surface area contributed by atoms with E-state index in [2.05, 4.69) is 20.7 Å². The highest BCUT2D eigenvalue weighted by molar-refractivity contribution is 6.01. The largest absolute Gasteiger partial charge is 0.573 e. The first-order valence-electron chi connectivity index (χ1n) is 8.11. The zero-order valence-corrected chi connectivity index (χ0v) is 14.9. The standard InChI is InChI=1S/C14H17F3N4O3.C2H4O2/c15-14(16,17)24-9-1-2-11(18)10(5-9)13(23)20-7-12(22)21-8-3-4-19-6-8;1-2(3)4/h1-2,5,8,19H,3-4,6-7,18H2,(H,20,23)(H,21,22);1H3,(H,3,4)/t8-;/m1./s1. The van der Waals surface area contributed by atoms with Gasteiger partial charge in [0.2, 0.25) is 5.91 Å². The van der Waals surface area contributed by atoms with Gasteiger partial charge in [-0.1, -0.05) is 0 Å². The Kier molecular flexibility index (Phi) is 8.51. The van der Waals surface area contributed by atoms with E-state index < -0.39 is 29.9 Å². The minimum atomic E-state index is -4.88. The fourth-order valence-electron chi connectivity index (χ4n) is 2.24. The van der Waals surface area contributed by atoms with E-state index >= 15 is 0 Å². The van der Waals surface area contributed by atoms with Gasteiger partial charge >= 0.3 is 6.36 Å². The third-order valence-electron chi connectivity index (χ3n) is 3.34. The molecule has 1 aromatic rings. The number of amides is 2. The molecule has 0 aliphatic carbocycles. The summed E-state index contributed by atoms with van der Waals surface area (Å²) in [6.45, 7) is 2.24. The maximum absolute atomic E-state index is 12.2. The number of hydrogen-bond donors (Lipinski definition) is 5. The van der Waals surface area contributed by atoms with Crippen molar-refractivity contribution in [3.8, 4) is 5.75 Å². The van der Waals surface area contributed by atoms with Crippen LogP contribution in [0.5, 0.6) is 5.75 Å². The number of carbonyl (C=O) groups is 3. The molecular formula is C16H21F3N4O5. The second-order valence-electron chi connectivity index (χ2n) is 5.76. The maximum atomic E-state index is 12.2. The van der Waals surface area contributed by atoms with Crippen molar-refractivity contribution in [2.45, 2.75) is 25.7 Å². The molecule has 1 atom stereocenters. The number of ether oxygens (including phenoxy) is 1. The first-order chi connectivity index (χ1) is 13.0. The van der Waals surface area contributed by atoms with Crippen LogP contribution >= 0.6 is 0 Å². The average Bonchev–Trinajstić information content (AvgIpc) is 3.05. The Hall–Kier alpha value is -3.02. The summed E-state index contributed by atoms with van der Waals surface area (Å²) in [5.74, 6) is -2.55. The van der Waals surface area contributed by atoms with E-state index in [4.69, 9.17) is 15.6 Å². The second kappa shape index (κ2) is 10.3. The Morgan fingerprint density at radius 3 is 2.54 bits per heavy atom. The summed E-state index contributed by atoms with van der Waals surface area (Å²) in [5, 5.41) is 15.5. The van der Waals surface area contributed by atoms with E-state index in [1.54, 1.807) is 0 Å². The molecule has 28 heavy (non-hydrogen) atoms. The average molecular weight is 406 g/mol. The molecule has 1 heterocycles. The number of hydrogen-bond acceptors (Lipinski definition) is 6. The van der Waals surface area contributed by atoms with Crippen LogP contribution in [0.3, 0.4) is 0 Å². The number of aliphatic carboxylic acids is 1. The summed E-state index contributed by atoms with van der Waals surface area (Å²) in [6.07, 6.45) is -4.08. The Morgan fingerprint density at radius 2 is 2.00 bits per heavy atom. The quantitative estimate of drug-likeness (QED) is 0.447. The third kappa shape index (κ3) is 9.07. The van der Waals surface area contributed by atoms with Crippen LogP contribution in [0.1, 0.15) is 23.7 Å². The van der Waals surface area contributed by atoms with Gasteiger partial charge in [0.15, 0.2) is 0 Å². The number of anilines is 1. The summed E-state index contributed by atoms with van der Waals surface area (Å²) in [4.78, 5) is 32.7. The number of nitrogens with one attached hydrogen (secondary N) is 3. The van der Waals surface area contributed by atoms with E-state index in [1.165, 1.54) is 0 Å². The number of halogens is 3. The Labute approximate surface area is 158 Å². The number of nitrogens with two attached hydrogens (primary N) is 1. The van der Waals surface area contributed by atoms with Gasteiger partial charge in [-0.15, -0.1) is 13.2 Å².